The van der Waals surface area contributed by atoms with Gasteiger partial charge in [-0.15, -0.1) is 0 Å². The van der Waals surface area contributed by atoms with Crippen LogP contribution in [0.3, 0.4) is 0 Å². The molecule has 0 bridgehead atoms. The third kappa shape index (κ3) is 4.02. The van der Waals surface area contributed by atoms with E-state index in [1.54, 1.807) is 7.11 Å². The van der Waals surface area contributed by atoms with Gasteiger partial charge in [0.25, 0.3) is 0 Å². The molecule has 1 atom stereocenters. The van der Waals surface area contributed by atoms with Gasteiger partial charge in [0.05, 0.1) is 0 Å². The minimum Gasteiger partial charge on any atom is -0.385 e. The topological polar surface area (TPSA) is 35.2 Å². The van der Waals surface area contributed by atoms with E-state index in [1.165, 1.54) is 11.1 Å². The van der Waals surface area contributed by atoms with Crippen LogP contribution in [0.25, 0.3) is 0 Å². The van der Waals surface area contributed by atoms with Crippen LogP contribution in [0.2, 0.25) is 0 Å². The van der Waals surface area contributed by atoms with E-state index in [1.807, 2.05) is 0 Å². The molecule has 0 spiro atoms. The van der Waals surface area contributed by atoms with Gasteiger partial charge in [-0.2, -0.15) is 0 Å². The predicted octanol–water partition coefficient (Wildman–Crippen LogP) is 2.29. The normalized spacial score (nSPS) is 14.9. The maximum absolute atomic E-state index is 6.22. The molecule has 0 aromatic heterocycles. The number of aryl methyl sites for hydroxylation is 1. The van der Waals surface area contributed by atoms with Gasteiger partial charge in [0.2, 0.25) is 0 Å². The van der Waals surface area contributed by atoms with Crippen LogP contribution in [0.4, 0.5) is 0 Å². The lowest BCUT2D eigenvalue weighted by Crippen LogP contribution is -2.39. The maximum Gasteiger partial charge on any atom is 0.0479 e. The molecule has 0 aliphatic carbocycles. The molecule has 0 heterocycles. The van der Waals surface area contributed by atoms with Gasteiger partial charge in [0.1, 0.15) is 0 Å². The Bertz CT molecular complexity index is 307. The zero-order chi connectivity index (χ0) is 11.3. The molecule has 15 heavy (non-hydrogen) atoms. The SMILES string of the molecule is COCCC(C)(N)Cc1ccccc1C. The number of hydrogen-bond acceptors (Lipinski definition) is 2. The highest BCUT2D eigenvalue weighted by atomic mass is 16.5. The average molecular weight is 207 g/mol. The fourth-order valence-corrected chi connectivity index (χ4v) is 1.67. The predicted molar refractivity (Wildman–Crippen MR) is 64.0 cm³/mol. The summed E-state index contributed by atoms with van der Waals surface area (Å²) in [6.07, 6.45) is 1.79. The number of ether oxygens (including phenoxy) is 1. The molecule has 0 amide bonds. The standard InChI is InChI=1S/C13H21NO/c1-11-6-4-5-7-12(11)10-13(2,14)8-9-15-3/h4-7H,8-10,14H2,1-3H3. The van der Waals surface area contributed by atoms with Gasteiger partial charge in [-0.25, -0.2) is 0 Å². The molecule has 1 aromatic carbocycles. The molecule has 0 aliphatic heterocycles. The first-order valence-electron chi connectivity index (χ1n) is 5.37. The summed E-state index contributed by atoms with van der Waals surface area (Å²) in [6, 6.07) is 8.39. The lowest BCUT2D eigenvalue weighted by molar-refractivity contribution is 0.171. The lowest BCUT2D eigenvalue weighted by Gasteiger charge is -2.25. The van der Waals surface area contributed by atoms with E-state index in [0.717, 1.165) is 19.4 Å². The molecule has 0 fully saturated rings. The Hall–Kier alpha value is -0.860. The molecule has 1 aromatic rings. The zero-order valence-corrected chi connectivity index (χ0v) is 9.92. The highest BCUT2D eigenvalue weighted by Crippen LogP contribution is 2.17. The number of hydrogen-bond donors (Lipinski definition) is 1. The molecule has 0 saturated heterocycles. The highest BCUT2D eigenvalue weighted by molar-refractivity contribution is 5.27. The number of methoxy groups -OCH3 is 1. The smallest absolute Gasteiger partial charge is 0.0479 e. The summed E-state index contributed by atoms with van der Waals surface area (Å²) in [5, 5.41) is 0. The number of nitrogens with two attached hydrogens (primary N) is 1. The Morgan fingerprint density at radius 1 is 1.33 bits per heavy atom. The summed E-state index contributed by atoms with van der Waals surface area (Å²) in [5.74, 6) is 0. The first kappa shape index (κ1) is 12.2. The van der Waals surface area contributed by atoms with Crippen LogP contribution in [0, 0.1) is 6.92 Å². The molecule has 1 rings (SSSR count). The lowest BCUT2D eigenvalue weighted by atomic mass is 9.89. The second kappa shape index (κ2) is 5.29. The molecule has 2 heteroatoms. The van der Waals surface area contributed by atoms with E-state index in [0.29, 0.717) is 0 Å². The van der Waals surface area contributed by atoms with Gasteiger partial charge in [-0.1, -0.05) is 24.3 Å². The van der Waals surface area contributed by atoms with Gasteiger partial charge in [-0.05, 0) is 37.8 Å². The Morgan fingerprint density at radius 3 is 2.60 bits per heavy atom. The van der Waals surface area contributed by atoms with Crippen LogP contribution in [0.1, 0.15) is 24.5 Å². The van der Waals surface area contributed by atoms with Crippen LogP contribution in [0.15, 0.2) is 24.3 Å². The third-order valence-corrected chi connectivity index (χ3v) is 2.73. The van der Waals surface area contributed by atoms with Crippen LogP contribution in [-0.2, 0) is 11.2 Å². The van der Waals surface area contributed by atoms with Gasteiger partial charge in [-0.3, -0.25) is 0 Å². The molecule has 2 N–H and O–H groups in total. The molecular weight excluding hydrogens is 186 g/mol. The molecule has 0 saturated carbocycles. The van der Waals surface area contributed by atoms with Crippen LogP contribution in [0.5, 0.6) is 0 Å². The summed E-state index contributed by atoms with van der Waals surface area (Å²) in [7, 11) is 1.71. The first-order chi connectivity index (χ1) is 7.05. The van der Waals surface area contributed by atoms with E-state index in [9.17, 15) is 0 Å². The minimum absolute atomic E-state index is 0.178. The molecule has 0 radical (unpaired) electrons. The van der Waals surface area contributed by atoms with E-state index in [2.05, 4.69) is 38.1 Å². The fraction of sp³-hybridized carbons (Fsp3) is 0.538. The number of benzene rings is 1. The van der Waals surface area contributed by atoms with Gasteiger partial charge in [0.15, 0.2) is 0 Å². The first-order valence-corrected chi connectivity index (χ1v) is 5.37. The Labute approximate surface area is 92.4 Å². The summed E-state index contributed by atoms with van der Waals surface area (Å²) >= 11 is 0. The summed E-state index contributed by atoms with van der Waals surface area (Å²) in [5.41, 5.74) is 8.69. The largest absolute Gasteiger partial charge is 0.385 e. The zero-order valence-electron chi connectivity index (χ0n) is 9.92. The van der Waals surface area contributed by atoms with Crippen molar-refractivity contribution in [2.45, 2.75) is 32.2 Å². The van der Waals surface area contributed by atoms with Gasteiger partial charge in [0, 0.05) is 19.3 Å². The number of rotatable bonds is 5. The molecule has 1 unspecified atom stereocenters. The van der Waals surface area contributed by atoms with Crippen molar-refractivity contribution < 1.29 is 4.74 Å². The molecule has 0 aliphatic rings. The highest BCUT2D eigenvalue weighted by Gasteiger charge is 2.19. The monoisotopic (exact) mass is 207 g/mol. The van der Waals surface area contributed by atoms with Gasteiger partial charge >= 0.3 is 0 Å². The van der Waals surface area contributed by atoms with Gasteiger partial charge < -0.3 is 10.5 Å². The van der Waals surface area contributed by atoms with Crippen LogP contribution < -0.4 is 5.73 Å². The average Bonchev–Trinajstić information content (AvgIpc) is 2.18. The second-order valence-corrected chi connectivity index (χ2v) is 4.50. The van der Waals surface area contributed by atoms with Crippen molar-refractivity contribution in [3.8, 4) is 0 Å². The third-order valence-electron chi connectivity index (χ3n) is 2.73. The van der Waals surface area contributed by atoms with Crippen molar-refractivity contribution in [2.24, 2.45) is 5.73 Å². The Balaban J connectivity index is 2.64. The summed E-state index contributed by atoms with van der Waals surface area (Å²) in [6.45, 7) is 4.93. The molecular formula is C13H21NO. The molecule has 2 nitrogen and oxygen atoms in total. The van der Waals surface area contributed by atoms with Crippen LogP contribution >= 0.6 is 0 Å². The van der Waals surface area contributed by atoms with Crippen LogP contribution in [-0.4, -0.2) is 19.3 Å². The van der Waals surface area contributed by atoms with Crippen molar-refractivity contribution >= 4 is 0 Å². The van der Waals surface area contributed by atoms with E-state index in [-0.39, 0.29) is 5.54 Å². The summed E-state index contributed by atoms with van der Waals surface area (Å²) in [4.78, 5) is 0. The van der Waals surface area contributed by atoms with Crippen molar-refractivity contribution in [1.29, 1.82) is 0 Å². The van der Waals surface area contributed by atoms with E-state index in [4.69, 9.17) is 10.5 Å². The van der Waals surface area contributed by atoms with Crippen molar-refractivity contribution in [3.05, 3.63) is 35.4 Å². The Kier molecular flexibility index (Phi) is 4.30. The molecule has 84 valence electrons. The fourth-order valence-electron chi connectivity index (χ4n) is 1.67. The van der Waals surface area contributed by atoms with Crippen molar-refractivity contribution in [2.75, 3.05) is 13.7 Å². The minimum atomic E-state index is -0.178. The van der Waals surface area contributed by atoms with Crippen molar-refractivity contribution in [1.82, 2.24) is 0 Å². The van der Waals surface area contributed by atoms with E-state index < -0.39 is 0 Å². The Morgan fingerprint density at radius 2 is 2.00 bits per heavy atom. The maximum atomic E-state index is 6.22. The second-order valence-electron chi connectivity index (χ2n) is 4.50. The quantitative estimate of drug-likeness (QED) is 0.804. The van der Waals surface area contributed by atoms with E-state index >= 15 is 0 Å². The van der Waals surface area contributed by atoms with Crippen molar-refractivity contribution in [3.63, 3.8) is 0 Å². The summed E-state index contributed by atoms with van der Waals surface area (Å²) < 4.78 is 5.07.